The molecule has 1 aliphatic rings. The number of fused-ring (bicyclic) bond motifs is 3. The zero-order chi connectivity index (χ0) is 18.4. The van der Waals surface area contributed by atoms with Crippen molar-refractivity contribution in [1.29, 1.82) is 0 Å². The summed E-state index contributed by atoms with van der Waals surface area (Å²) in [7, 11) is 0. The van der Waals surface area contributed by atoms with Crippen molar-refractivity contribution < 1.29 is 4.98 Å². The van der Waals surface area contributed by atoms with E-state index in [1.165, 1.54) is 9.35 Å². The Hall–Kier alpha value is -1.96. The van der Waals surface area contributed by atoms with Crippen LogP contribution < -0.4 is 10.4 Å². The molecule has 1 fully saturated rings. The highest BCUT2D eigenvalue weighted by Gasteiger charge is 2.23. The Balaban J connectivity index is 1.44. The molecule has 0 spiro atoms. The van der Waals surface area contributed by atoms with Gasteiger partial charge in [-0.3, -0.25) is 9.69 Å². The molecule has 5 nitrogen and oxygen atoms in total. The van der Waals surface area contributed by atoms with Gasteiger partial charge >= 0.3 is 0 Å². The number of hydrogen-bond donors (Lipinski definition) is 1. The average molecular weight is 444 g/mol. The number of H-pyrrole nitrogens is 2. The Kier molecular flexibility index (Phi) is 4.38. The van der Waals surface area contributed by atoms with Gasteiger partial charge in [0, 0.05) is 52.7 Å². The molecule has 1 aliphatic heterocycles. The molecule has 0 aliphatic carbocycles. The maximum atomic E-state index is 12.4. The number of pyridine rings is 2. The van der Waals surface area contributed by atoms with Gasteiger partial charge in [-0.1, -0.05) is 0 Å². The Morgan fingerprint density at radius 1 is 1.26 bits per heavy atom. The molecule has 4 aromatic heterocycles. The monoisotopic (exact) mass is 443 g/mol. The molecular weight excluding hydrogens is 424 g/mol. The molecule has 27 heavy (non-hydrogen) atoms. The second kappa shape index (κ2) is 6.89. The van der Waals surface area contributed by atoms with Crippen LogP contribution in [-0.4, -0.2) is 27.5 Å². The van der Waals surface area contributed by atoms with Crippen molar-refractivity contribution in [1.82, 2.24) is 14.5 Å². The average Bonchev–Trinajstić information content (AvgIpc) is 3.31. The minimum absolute atomic E-state index is 0.0707. The molecule has 2 N–H and O–H groups in total. The van der Waals surface area contributed by atoms with Crippen LogP contribution in [0.4, 0.5) is 0 Å². The van der Waals surface area contributed by atoms with E-state index in [2.05, 4.69) is 46.8 Å². The summed E-state index contributed by atoms with van der Waals surface area (Å²) in [4.78, 5) is 22.7. The lowest BCUT2D eigenvalue weighted by Gasteiger charge is -2.33. The van der Waals surface area contributed by atoms with E-state index in [0.717, 1.165) is 54.4 Å². The van der Waals surface area contributed by atoms with Crippen LogP contribution in [0.5, 0.6) is 0 Å². The number of aromatic nitrogens is 3. The Morgan fingerprint density at radius 3 is 2.89 bits per heavy atom. The maximum Gasteiger partial charge on any atom is 0.286 e. The lowest BCUT2D eigenvalue weighted by Crippen LogP contribution is -2.34. The van der Waals surface area contributed by atoms with Crippen molar-refractivity contribution in [3.05, 3.63) is 61.7 Å². The maximum absolute atomic E-state index is 12.4. The smallest absolute Gasteiger partial charge is 0.286 e. The molecule has 0 bridgehead atoms. The van der Waals surface area contributed by atoms with Crippen molar-refractivity contribution >= 4 is 49.2 Å². The van der Waals surface area contributed by atoms with Gasteiger partial charge in [-0.2, -0.15) is 0 Å². The summed E-state index contributed by atoms with van der Waals surface area (Å²) in [5, 5.41) is 3.99. The predicted molar refractivity (Wildman–Crippen MR) is 112 cm³/mol. The zero-order valence-corrected chi connectivity index (χ0v) is 17.1. The lowest BCUT2D eigenvalue weighted by atomic mass is 10.0. The summed E-state index contributed by atoms with van der Waals surface area (Å²) in [6.45, 7) is 3.16. The number of likely N-dealkylation sites (tertiary alicyclic amines) is 1. The van der Waals surface area contributed by atoms with Crippen LogP contribution in [0, 0.1) is 0 Å². The van der Waals surface area contributed by atoms with Crippen molar-refractivity contribution in [2.24, 2.45) is 0 Å². The molecule has 0 saturated carbocycles. The molecule has 0 amide bonds. The number of nitrogens with zero attached hydrogens (tertiary/aromatic N) is 2. The summed E-state index contributed by atoms with van der Waals surface area (Å²) in [6.07, 6.45) is 7.92. The third-order valence-electron chi connectivity index (χ3n) is 5.48. The first-order valence-corrected chi connectivity index (χ1v) is 10.8. The van der Waals surface area contributed by atoms with Gasteiger partial charge in [-0.15, -0.1) is 11.3 Å². The van der Waals surface area contributed by atoms with E-state index in [1.807, 2.05) is 36.0 Å². The number of thiophene rings is 1. The van der Waals surface area contributed by atoms with Crippen molar-refractivity contribution in [2.45, 2.75) is 25.4 Å². The van der Waals surface area contributed by atoms with Gasteiger partial charge in [0.15, 0.2) is 5.43 Å². The molecule has 0 aromatic carbocycles. The van der Waals surface area contributed by atoms with E-state index >= 15 is 0 Å². The molecule has 5 rings (SSSR count). The van der Waals surface area contributed by atoms with Crippen LogP contribution in [0.15, 0.2) is 51.4 Å². The Morgan fingerprint density at radius 2 is 2.11 bits per heavy atom. The SMILES string of the molecule is O=c1ccn(C2CCN(Cc3cc(Br)cs3)CC2)c2c1c[nH+]c1[nH]ccc12. The lowest BCUT2D eigenvalue weighted by molar-refractivity contribution is -0.345. The fraction of sp³-hybridized carbons (Fsp3) is 0.300. The van der Waals surface area contributed by atoms with Crippen molar-refractivity contribution in [3.8, 4) is 0 Å². The van der Waals surface area contributed by atoms with Crippen molar-refractivity contribution in [3.63, 3.8) is 0 Å². The Labute approximate surface area is 168 Å². The fourth-order valence-electron chi connectivity index (χ4n) is 4.14. The molecule has 7 heteroatoms. The largest absolute Gasteiger partial charge is 0.343 e. The van der Waals surface area contributed by atoms with E-state index in [4.69, 9.17) is 0 Å². The predicted octanol–water partition coefficient (Wildman–Crippen LogP) is 3.96. The molecule has 5 heterocycles. The molecular formula is C20H20BrN4OS+. The zero-order valence-electron chi connectivity index (χ0n) is 14.7. The van der Waals surface area contributed by atoms with Crippen LogP contribution in [0.25, 0.3) is 21.9 Å². The van der Waals surface area contributed by atoms with Gasteiger partial charge in [0.05, 0.1) is 22.5 Å². The topological polar surface area (TPSA) is 55.2 Å². The van der Waals surface area contributed by atoms with E-state index in [-0.39, 0.29) is 5.43 Å². The van der Waals surface area contributed by atoms with Gasteiger partial charge < -0.3 is 4.57 Å². The van der Waals surface area contributed by atoms with Crippen molar-refractivity contribution in [2.75, 3.05) is 13.1 Å². The van der Waals surface area contributed by atoms with Gasteiger partial charge in [0.1, 0.15) is 6.20 Å². The highest BCUT2D eigenvalue weighted by atomic mass is 79.9. The molecule has 0 atom stereocenters. The summed E-state index contributed by atoms with van der Waals surface area (Å²) < 4.78 is 3.49. The first-order chi connectivity index (χ1) is 13.2. The van der Waals surface area contributed by atoms with Crippen LogP contribution in [0.1, 0.15) is 23.8 Å². The molecule has 138 valence electrons. The third-order valence-corrected chi connectivity index (χ3v) is 7.16. The molecule has 0 radical (unpaired) electrons. The second-order valence-corrected chi connectivity index (χ2v) is 9.05. The van der Waals surface area contributed by atoms with Gasteiger partial charge in [-0.05, 0) is 40.9 Å². The quantitative estimate of drug-likeness (QED) is 0.520. The van der Waals surface area contributed by atoms with E-state index in [0.29, 0.717) is 6.04 Å². The minimum Gasteiger partial charge on any atom is -0.343 e. The van der Waals surface area contributed by atoms with Crippen LogP contribution in [-0.2, 0) is 6.54 Å². The van der Waals surface area contributed by atoms with E-state index < -0.39 is 0 Å². The minimum atomic E-state index is 0.0707. The highest BCUT2D eigenvalue weighted by Crippen LogP contribution is 2.29. The van der Waals surface area contributed by atoms with Crippen LogP contribution in [0.3, 0.4) is 0 Å². The summed E-state index contributed by atoms with van der Waals surface area (Å²) in [5.74, 6) is 0. The Bertz CT molecular complexity index is 1170. The van der Waals surface area contributed by atoms with E-state index in [9.17, 15) is 4.79 Å². The first-order valence-electron chi connectivity index (χ1n) is 9.17. The number of rotatable bonds is 3. The third kappa shape index (κ3) is 3.13. The fourth-order valence-corrected chi connectivity index (χ4v) is 5.63. The highest BCUT2D eigenvalue weighted by molar-refractivity contribution is 9.10. The number of nitrogens with one attached hydrogen (secondary N) is 2. The summed E-state index contributed by atoms with van der Waals surface area (Å²) in [5.41, 5.74) is 2.07. The number of aromatic amines is 2. The molecule has 1 saturated heterocycles. The van der Waals surface area contributed by atoms with Crippen LogP contribution >= 0.6 is 27.3 Å². The number of halogens is 1. The molecule has 0 unspecified atom stereocenters. The summed E-state index contributed by atoms with van der Waals surface area (Å²) in [6, 6.07) is 6.38. The molecule has 4 aromatic rings. The summed E-state index contributed by atoms with van der Waals surface area (Å²) >= 11 is 5.35. The standard InChI is InChI=1S/C20H19BrN4OS/c21-13-9-15(27-12-13)11-24-6-2-14(3-7-24)25-8-4-18(26)17-10-23-20-16(19(17)25)1-5-22-20/h1,4-5,8-10,12,14H,2-3,6-7,11H2,(H,22,23)/p+1. The first kappa shape index (κ1) is 17.2. The normalized spacial score (nSPS) is 16.5. The van der Waals surface area contributed by atoms with Gasteiger partial charge in [0.2, 0.25) is 0 Å². The van der Waals surface area contributed by atoms with Crippen LogP contribution in [0.2, 0.25) is 0 Å². The van der Waals surface area contributed by atoms with Gasteiger partial charge in [-0.25, -0.2) is 9.97 Å². The number of piperidine rings is 1. The van der Waals surface area contributed by atoms with E-state index in [1.54, 1.807) is 6.07 Å². The second-order valence-electron chi connectivity index (χ2n) is 7.14. The number of hydrogen-bond acceptors (Lipinski definition) is 3. The van der Waals surface area contributed by atoms with Gasteiger partial charge in [0.25, 0.3) is 5.65 Å².